The van der Waals surface area contributed by atoms with Gasteiger partial charge in [0.2, 0.25) is 5.75 Å². The molecule has 124 valence electrons. The van der Waals surface area contributed by atoms with Gasteiger partial charge in [-0.25, -0.2) is 8.78 Å². The average Bonchev–Trinajstić information content (AvgIpc) is 3.13. The third kappa shape index (κ3) is 2.15. The molecule has 0 fully saturated rings. The van der Waals surface area contributed by atoms with E-state index in [9.17, 15) is 19.0 Å². The zero-order chi connectivity index (χ0) is 16.8. The van der Waals surface area contributed by atoms with Crippen molar-refractivity contribution < 1.29 is 37.7 Å². The first-order chi connectivity index (χ1) is 10.9. The predicted molar refractivity (Wildman–Crippen MR) is 74.2 cm³/mol. The number of phenolic OH excluding ortho intramolecular Hbond substituents is 1. The molecule has 0 unspecified atom stereocenters. The maximum absolute atomic E-state index is 12.9. The summed E-state index contributed by atoms with van der Waals surface area (Å²) in [7, 11) is 2.66. The van der Waals surface area contributed by atoms with Gasteiger partial charge in [0.05, 0.1) is 37.9 Å². The maximum atomic E-state index is 12.9. The van der Waals surface area contributed by atoms with Crippen molar-refractivity contribution in [1.29, 1.82) is 0 Å². The fourth-order valence-electron chi connectivity index (χ4n) is 2.49. The van der Waals surface area contributed by atoms with Crippen molar-refractivity contribution in [1.82, 2.24) is 0 Å². The van der Waals surface area contributed by atoms with E-state index in [-0.39, 0.29) is 28.4 Å². The molecule has 0 bridgehead atoms. The quantitative estimate of drug-likeness (QED) is 0.893. The minimum absolute atomic E-state index is 0.00372. The Kier molecular flexibility index (Phi) is 3.52. The van der Waals surface area contributed by atoms with Crippen LogP contribution in [0.5, 0.6) is 17.2 Å². The molecule has 0 radical (unpaired) electrons. The van der Waals surface area contributed by atoms with Crippen LogP contribution in [0.1, 0.15) is 12.0 Å². The first-order valence-electron chi connectivity index (χ1n) is 6.53. The van der Waals surface area contributed by atoms with Crippen LogP contribution in [0, 0.1) is 0 Å². The van der Waals surface area contributed by atoms with Crippen LogP contribution >= 0.6 is 0 Å². The van der Waals surface area contributed by atoms with Gasteiger partial charge in [-0.2, -0.15) is 0 Å². The topological polar surface area (TPSA) is 93.7 Å². The summed E-state index contributed by atoms with van der Waals surface area (Å²) in [5, 5.41) is 24.0. The molecule has 0 amide bonds. The standard InChI is InChI=1S/C14H13F2NO6/c1-20-10-6-3-4-22-11(6)12(21-2)9(18)8(10)7-5-14(19,13(15)16)23-17-7/h3-4,13,18-19H,5H2,1-2H3/t14-/m1/s1. The number of hydrogen-bond acceptors (Lipinski definition) is 7. The molecule has 7 nitrogen and oxygen atoms in total. The molecule has 0 spiro atoms. The van der Waals surface area contributed by atoms with E-state index in [1.165, 1.54) is 20.5 Å². The molecule has 23 heavy (non-hydrogen) atoms. The predicted octanol–water partition coefficient (Wildman–Crippen LogP) is 2.23. The van der Waals surface area contributed by atoms with Gasteiger partial charge in [0.25, 0.3) is 0 Å². The Morgan fingerprint density at radius 3 is 2.57 bits per heavy atom. The fourth-order valence-corrected chi connectivity index (χ4v) is 2.49. The van der Waals surface area contributed by atoms with E-state index in [0.29, 0.717) is 5.39 Å². The molecule has 3 rings (SSSR count). The van der Waals surface area contributed by atoms with E-state index < -0.39 is 24.4 Å². The number of aromatic hydroxyl groups is 1. The Balaban J connectivity index is 2.20. The molecule has 1 aliphatic rings. The minimum atomic E-state index is -3.17. The summed E-state index contributed by atoms with van der Waals surface area (Å²) in [6, 6.07) is 1.56. The van der Waals surface area contributed by atoms with E-state index in [1.54, 1.807) is 6.07 Å². The number of nitrogens with zero attached hydrogens (tertiary/aromatic N) is 1. The van der Waals surface area contributed by atoms with Gasteiger partial charge in [-0.1, -0.05) is 5.16 Å². The number of alkyl halides is 2. The number of ether oxygens (including phenoxy) is 2. The van der Waals surface area contributed by atoms with Crippen LogP contribution in [0.4, 0.5) is 8.78 Å². The van der Waals surface area contributed by atoms with Gasteiger partial charge in [0, 0.05) is 0 Å². The van der Waals surface area contributed by atoms with Gasteiger partial charge in [-0.3, -0.25) is 0 Å². The Labute approximate surface area is 128 Å². The van der Waals surface area contributed by atoms with Gasteiger partial charge in [0.1, 0.15) is 11.5 Å². The van der Waals surface area contributed by atoms with Gasteiger partial charge in [-0.15, -0.1) is 0 Å². The Morgan fingerprint density at radius 1 is 1.30 bits per heavy atom. The van der Waals surface area contributed by atoms with Crippen LogP contribution < -0.4 is 9.47 Å². The smallest absolute Gasteiger partial charge is 0.305 e. The van der Waals surface area contributed by atoms with Gasteiger partial charge >= 0.3 is 12.2 Å². The second-order valence-electron chi connectivity index (χ2n) is 4.91. The van der Waals surface area contributed by atoms with E-state index >= 15 is 0 Å². The highest BCUT2D eigenvalue weighted by Gasteiger charge is 2.48. The second-order valence-corrected chi connectivity index (χ2v) is 4.91. The zero-order valence-electron chi connectivity index (χ0n) is 12.2. The summed E-state index contributed by atoms with van der Waals surface area (Å²) in [4.78, 5) is 4.45. The lowest BCUT2D eigenvalue weighted by molar-refractivity contribution is -0.253. The summed E-state index contributed by atoms with van der Waals surface area (Å²) in [5.41, 5.74) is 0.132. The zero-order valence-corrected chi connectivity index (χ0v) is 12.2. The Hall–Kier alpha value is -2.55. The maximum Gasteiger partial charge on any atom is 0.305 e. The summed E-state index contributed by atoms with van der Waals surface area (Å²) in [5.74, 6) is -3.01. The number of rotatable bonds is 4. The number of hydrogen-bond donors (Lipinski definition) is 2. The molecule has 2 N–H and O–H groups in total. The SMILES string of the molecule is COc1c(C2=NO[C@@](O)(C(F)F)C2)c(O)c(OC)c2occc12. The second kappa shape index (κ2) is 5.27. The number of furan rings is 1. The Bertz CT molecular complexity index is 787. The molecule has 1 atom stereocenters. The first-order valence-corrected chi connectivity index (χ1v) is 6.53. The van der Waals surface area contributed by atoms with Crippen LogP contribution in [-0.2, 0) is 4.84 Å². The molecular formula is C14H13F2NO6. The van der Waals surface area contributed by atoms with Crippen LogP contribution in [-0.4, -0.2) is 42.4 Å². The van der Waals surface area contributed by atoms with Crippen LogP contribution in [0.3, 0.4) is 0 Å². The average molecular weight is 329 g/mol. The van der Waals surface area contributed by atoms with E-state index in [4.69, 9.17) is 13.9 Å². The lowest BCUT2D eigenvalue weighted by atomic mass is 9.98. The molecule has 0 saturated carbocycles. The minimum Gasteiger partial charge on any atom is -0.504 e. The van der Waals surface area contributed by atoms with Gasteiger partial charge < -0.3 is 28.9 Å². The number of aliphatic hydroxyl groups is 1. The van der Waals surface area contributed by atoms with Crippen molar-refractivity contribution in [2.45, 2.75) is 18.6 Å². The highest BCUT2D eigenvalue weighted by molar-refractivity contribution is 6.12. The lowest BCUT2D eigenvalue weighted by Gasteiger charge is -2.18. The Morgan fingerprint density at radius 2 is 2.00 bits per heavy atom. The molecular weight excluding hydrogens is 316 g/mol. The normalized spacial score (nSPS) is 20.7. The first kappa shape index (κ1) is 15.3. The van der Waals surface area contributed by atoms with Gasteiger partial charge in [-0.05, 0) is 6.07 Å². The van der Waals surface area contributed by atoms with E-state index in [1.807, 2.05) is 0 Å². The number of halogens is 2. The molecule has 1 aromatic carbocycles. The number of phenols is 1. The molecule has 9 heteroatoms. The summed E-state index contributed by atoms with van der Waals surface area (Å²) < 4.78 is 41.3. The summed E-state index contributed by atoms with van der Waals surface area (Å²) in [6.45, 7) is 0. The largest absolute Gasteiger partial charge is 0.504 e. The molecule has 1 aliphatic heterocycles. The van der Waals surface area contributed by atoms with E-state index in [2.05, 4.69) is 9.99 Å². The number of methoxy groups -OCH3 is 2. The van der Waals surface area contributed by atoms with Crippen molar-refractivity contribution in [3.05, 3.63) is 17.9 Å². The molecule has 2 heterocycles. The molecule has 2 aromatic rings. The summed E-state index contributed by atoms with van der Waals surface area (Å²) >= 11 is 0. The molecule has 0 aliphatic carbocycles. The van der Waals surface area contributed by atoms with Crippen molar-refractivity contribution in [2.75, 3.05) is 14.2 Å². The number of benzene rings is 1. The third-order valence-electron chi connectivity index (χ3n) is 3.57. The summed E-state index contributed by atoms with van der Waals surface area (Å²) in [6.07, 6.45) is -2.43. The molecule has 0 saturated heterocycles. The molecule has 1 aromatic heterocycles. The lowest BCUT2D eigenvalue weighted by Crippen LogP contribution is -2.37. The fraction of sp³-hybridized carbons (Fsp3) is 0.357. The third-order valence-corrected chi connectivity index (χ3v) is 3.57. The highest BCUT2D eigenvalue weighted by Crippen LogP contribution is 2.47. The van der Waals surface area contributed by atoms with Crippen LogP contribution in [0.15, 0.2) is 21.9 Å². The van der Waals surface area contributed by atoms with Crippen molar-refractivity contribution in [3.8, 4) is 17.2 Å². The van der Waals surface area contributed by atoms with E-state index in [0.717, 1.165) is 0 Å². The van der Waals surface area contributed by atoms with Gasteiger partial charge in [0.15, 0.2) is 11.3 Å². The number of oxime groups is 1. The van der Waals surface area contributed by atoms with Crippen molar-refractivity contribution >= 4 is 16.7 Å². The van der Waals surface area contributed by atoms with Crippen LogP contribution in [0.2, 0.25) is 0 Å². The highest BCUT2D eigenvalue weighted by atomic mass is 19.3. The van der Waals surface area contributed by atoms with Crippen molar-refractivity contribution in [3.63, 3.8) is 0 Å². The van der Waals surface area contributed by atoms with Crippen LogP contribution in [0.25, 0.3) is 11.0 Å². The van der Waals surface area contributed by atoms with Crippen molar-refractivity contribution in [2.24, 2.45) is 5.16 Å². The number of fused-ring (bicyclic) bond motifs is 1. The monoisotopic (exact) mass is 329 g/mol.